The Labute approximate surface area is 84.9 Å². The molecule has 0 saturated heterocycles. The smallest absolute Gasteiger partial charge is 0.119 e. The Kier molecular flexibility index (Phi) is 5.35. The van der Waals surface area contributed by atoms with Gasteiger partial charge in [-0.3, -0.25) is 0 Å². The molecule has 0 unspecified atom stereocenters. The third-order valence-corrected chi connectivity index (χ3v) is 3.03. The molecule has 0 radical (unpaired) electrons. The zero-order chi connectivity index (χ0) is 6.74. The van der Waals surface area contributed by atoms with Gasteiger partial charge in [-0.1, -0.05) is 26.2 Å². The first-order valence-electron chi connectivity index (χ1n) is 3.96. The minimum Gasteiger partial charge on any atom is -0.119 e. The molecule has 0 aromatic carbocycles. The fraction of sp³-hybridized carbons (Fsp3) is 1.00. The van der Waals surface area contributed by atoms with E-state index in [-0.39, 0.29) is 27.9 Å². The highest BCUT2D eigenvalue weighted by Crippen LogP contribution is 2.36. The van der Waals surface area contributed by atoms with E-state index in [9.17, 15) is 0 Å². The molecule has 1 saturated carbocycles. The van der Waals surface area contributed by atoms with Crippen LogP contribution < -0.4 is 0 Å². The third-order valence-electron chi connectivity index (χ3n) is 2.38. The predicted octanol–water partition coefficient (Wildman–Crippen LogP) is 2.42. The molecule has 1 fully saturated rings. The van der Waals surface area contributed by atoms with Crippen molar-refractivity contribution in [3.8, 4) is 0 Å². The Hall–Kier alpha value is 1.06. The molecule has 0 aromatic heterocycles. The zero-order valence-electron chi connectivity index (χ0n) is 6.12. The summed E-state index contributed by atoms with van der Waals surface area (Å²) in [5, 5.41) is 0. The molecule has 1 aliphatic rings. The van der Waals surface area contributed by atoms with Crippen LogP contribution in [0.5, 0.6) is 0 Å². The maximum absolute atomic E-state index is 6.26. The molecule has 10 heavy (non-hydrogen) atoms. The van der Waals surface area contributed by atoms with Gasteiger partial charge < -0.3 is 0 Å². The standard InChI is InChI=1S/C8H15Cl.Mg.2H/c1-2-8(9)6-4-3-5-7-8;;;/h2-7H2,1H3;;;. The average Bonchev–Trinajstić information content (AvgIpc) is 1.90. The Morgan fingerprint density at radius 2 is 1.70 bits per heavy atom. The van der Waals surface area contributed by atoms with Crippen LogP contribution in [0.3, 0.4) is 0 Å². The lowest BCUT2D eigenvalue weighted by molar-refractivity contribution is 0.380. The number of hydrogen-bond acceptors (Lipinski definition) is 0. The van der Waals surface area contributed by atoms with Gasteiger partial charge in [-0.25, -0.2) is 0 Å². The summed E-state index contributed by atoms with van der Waals surface area (Å²) in [6.45, 7) is 2.19. The van der Waals surface area contributed by atoms with Crippen LogP contribution in [-0.2, 0) is 0 Å². The van der Waals surface area contributed by atoms with Crippen LogP contribution in [-0.4, -0.2) is 27.9 Å². The number of rotatable bonds is 1. The van der Waals surface area contributed by atoms with Crippen molar-refractivity contribution in [3.05, 3.63) is 0 Å². The number of hydrogen-bond donors (Lipinski definition) is 0. The molecular formula is C8H17ClMg. The molecule has 0 amide bonds. The van der Waals surface area contributed by atoms with Gasteiger partial charge in [-0.05, 0) is 19.3 Å². The average molecular weight is 173 g/mol. The van der Waals surface area contributed by atoms with Crippen LogP contribution >= 0.6 is 11.6 Å². The quantitative estimate of drug-likeness (QED) is 0.421. The second-order valence-electron chi connectivity index (χ2n) is 3.07. The lowest BCUT2D eigenvalue weighted by atomic mass is 9.87. The molecule has 0 heterocycles. The van der Waals surface area contributed by atoms with Crippen molar-refractivity contribution >= 4 is 34.7 Å². The zero-order valence-corrected chi connectivity index (χ0v) is 6.88. The van der Waals surface area contributed by atoms with E-state index in [0.29, 0.717) is 0 Å². The highest BCUT2D eigenvalue weighted by atomic mass is 35.5. The second kappa shape index (κ2) is 4.84. The van der Waals surface area contributed by atoms with Gasteiger partial charge in [-0.15, -0.1) is 11.6 Å². The summed E-state index contributed by atoms with van der Waals surface area (Å²) < 4.78 is 0. The normalized spacial score (nSPS) is 23.4. The van der Waals surface area contributed by atoms with E-state index in [1.54, 1.807) is 0 Å². The van der Waals surface area contributed by atoms with Gasteiger partial charge >= 0.3 is 23.1 Å². The Morgan fingerprint density at radius 3 is 2.00 bits per heavy atom. The summed E-state index contributed by atoms with van der Waals surface area (Å²) >= 11 is 6.26. The molecule has 0 N–H and O–H groups in total. The van der Waals surface area contributed by atoms with Crippen molar-refractivity contribution in [2.45, 2.75) is 50.3 Å². The third kappa shape index (κ3) is 2.97. The largest absolute Gasteiger partial charge is 0.316 e. The summed E-state index contributed by atoms with van der Waals surface area (Å²) in [4.78, 5) is 0.193. The lowest BCUT2D eigenvalue weighted by Gasteiger charge is -2.29. The van der Waals surface area contributed by atoms with Crippen molar-refractivity contribution in [2.75, 3.05) is 0 Å². The van der Waals surface area contributed by atoms with E-state index in [2.05, 4.69) is 6.92 Å². The minimum atomic E-state index is 0. The topological polar surface area (TPSA) is 0 Å². The highest BCUT2D eigenvalue weighted by Gasteiger charge is 2.26. The SMILES string of the molecule is CCC1(Cl)CCCCC1.[MgH2]. The van der Waals surface area contributed by atoms with Gasteiger partial charge in [0, 0.05) is 4.87 Å². The summed E-state index contributed by atoms with van der Waals surface area (Å²) in [7, 11) is 0. The Morgan fingerprint density at radius 1 is 1.20 bits per heavy atom. The second-order valence-corrected chi connectivity index (χ2v) is 3.87. The van der Waals surface area contributed by atoms with E-state index in [1.807, 2.05) is 0 Å². The number of halogens is 1. The highest BCUT2D eigenvalue weighted by molar-refractivity contribution is 6.23. The maximum atomic E-state index is 6.26. The monoisotopic (exact) mass is 172 g/mol. The molecular weight excluding hydrogens is 156 g/mol. The van der Waals surface area contributed by atoms with Crippen molar-refractivity contribution in [3.63, 3.8) is 0 Å². The fourth-order valence-corrected chi connectivity index (χ4v) is 1.81. The molecule has 58 valence electrons. The van der Waals surface area contributed by atoms with Crippen LogP contribution in [0.4, 0.5) is 0 Å². The molecule has 2 heteroatoms. The van der Waals surface area contributed by atoms with E-state index in [4.69, 9.17) is 11.6 Å². The van der Waals surface area contributed by atoms with Crippen LogP contribution in [0.2, 0.25) is 0 Å². The van der Waals surface area contributed by atoms with Crippen molar-refractivity contribution in [1.82, 2.24) is 0 Å². The maximum Gasteiger partial charge on any atom is 0.316 e. The van der Waals surface area contributed by atoms with Gasteiger partial charge in [0.1, 0.15) is 0 Å². The van der Waals surface area contributed by atoms with Gasteiger partial charge in [0.25, 0.3) is 0 Å². The molecule has 0 atom stereocenters. The Balaban J connectivity index is 0.000000810. The summed E-state index contributed by atoms with van der Waals surface area (Å²) in [6.07, 6.45) is 7.72. The number of alkyl halides is 1. The summed E-state index contributed by atoms with van der Waals surface area (Å²) in [6, 6.07) is 0. The van der Waals surface area contributed by atoms with Crippen molar-refractivity contribution in [2.24, 2.45) is 0 Å². The summed E-state index contributed by atoms with van der Waals surface area (Å²) in [5.41, 5.74) is 0. The first kappa shape index (κ1) is 11.1. The van der Waals surface area contributed by atoms with Crippen LogP contribution in [0.25, 0.3) is 0 Å². The van der Waals surface area contributed by atoms with Gasteiger partial charge in [0.05, 0.1) is 0 Å². The molecule has 0 nitrogen and oxygen atoms in total. The molecule has 1 aliphatic carbocycles. The van der Waals surface area contributed by atoms with Gasteiger partial charge in [0.15, 0.2) is 0 Å². The van der Waals surface area contributed by atoms with Crippen LogP contribution in [0.15, 0.2) is 0 Å². The van der Waals surface area contributed by atoms with Crippen molar-refractivity contribution in [1.29, 1.82) is 0 Å². The summed E-state index contributed by atoms with van der Waals surface area (Å²) in [5.74, 6) is 0. The van der Waals surface area contributed by atoms with Crippen LogP contribution in [0, 0.1) is 0 Å². The van der Waals surface area contributed by atoms with Crippen molar-refractivity contribution < 1.29 is 0 Å². The fourth-order valence-electron chi connectivity index (χ4n) is 1.54. The molecule has 0 spiro atoms. The van der Waals surface area contributed by atoms with E-state index < -0.39 is 0 Å². The molecule has 0 bridgehead atoms. The minimum absolute atomic E-state index is 0. The first-order valence-corrected chi connectivity index (χ1v) is 4.33. The molecule has 1 rings (SSSR count). The van der Waals surface area contributed by atoms with Crippen LogP contribution in [0.1, 0.15) is 45.4 Å². The Bertz CT molecular complexity index is 87.3. The van der Waals surface area contributed by atoms with E-state index >= 15 is 0 Å². The van der Waals surface area contributed by atoms with E-state index in [1.165, 1.54) is 32.1 Å². The molecule has 0 aliphatic heterocycles. The first-order chi connectivity index (χ1) is 4.27. The molecule has 0 aromatic rings. The lowest BCUT2D eigenvalue weighted by Crippen LogP contribution is -2.23. The predicted molar refractivity (Wildman–Crippen MR) is 50.5 cm³/mol. The van der Waals surface area contributed by atoms with Gasteiger partial charge in [0.2, 0.25) is 0 Å². The van der Waals surface area contributed by atoms with Gasteiger partial charge in [-0.2, -0.15) is 0 Å². The van der Waals surface area contributed by atoms with E-state index in [0.717, 1.165) is 6.42 Å².